The molecule has 0 N–H and O–H groups in total. The number of imidazole rings is 2. The van der Waals surface area contributed by atoms with Crippen LogP contribution in [0.25, 0.3) is 66.8 Å². The quantitative estimate of drug-likeness (QED) is 0.0227. The first-order chi connectivity index (χ1) is 34.7. The Kier molecular flexibility index (Phi) is 16.4. The Morgan fingerprint density at radius 2 is 1.07 bits per heavy atom. The molecule has 0 amide bonds. The fourth-order valence-electron chi connectivity index (χ4n) is 8.23. The first-order valence-electron chi connectivity index (χ1n) is 23.5. The zero-order chi connectivity index (χ0) is 54.3. The van der Waals surface area contributed by atoms with Crippen LogP contribution in [0.5, 0.6) is 0 Å². The molecule has 21 heteroatoms. The minimum atomic E-state index is -10.7. The molecule has 8 aromatic rings. The topological polar surface area (TPSA) is 146 Å². The third-order valence-corrected chi connectivity index (χ3v) is 11.7. The summed E-state index contributed by atoms with van der Waals surface area (Å²) in [5, 5.41) is 1.66. The monoisotopic (exact) mass is 1050 g/mol. The molecule has 0 fully saturated rings. The summed E-state index contributed by atoms with van der Waals surface area (Å²) in [5.41, 5.74) is 7.22. The third-order valence-electron chi connectivity index (χ3n) is 11.7. The first kappa shape index (κ1) is 55.6. The number of anilines is 2. The van der Waals surface area contributed by atoms with Crippen molar-refractivity contribution in [3.8, 4) is 22.8 Å². The Balaban J connectivity index is 0.000000214. The van der Waals surface area contributed by atoms with Crippen molar-refractivity contribution in [1.82, 2.24) is 14.1 Å². The van der Waals surface area contributed by atoms with E-state index < -0.39 is 31.0 Å². The summed E-state index contributed by atoms with van der Waals surface area (Å²) in [4.78, 5) is 59.0. The van der Waals surface area contributed by atoms with Crippen molar-refractivity contribution in [3.63, 3.8) is 0 Å². The van der Waals surface area contributed by atoms with Crippen LogP contribution in [0.4, 0.5) is 36.6 Å². The van der Waals surface area contributed by atoms with Crippen molar-refractivity contribution in [2.24, 2.45) is 7.05 Å². The maximum atomic E-state index is 13.2. The van der Waals surface area contributed by atoms with E-state index in [-0.39, 0.29) is 13.2 Å². The summed E-state index contributed by atoms with van der Waals surface area (Å²) in [6, 6.07) is 31.0. The molecule has 0 aliphatic rings. The summed E-state index contributed by atoms with van der Waals surface area (Å²) >= 11 is 0. The Bertz CT molecular complexity index is 3530. The predicted octanol–water partition coefficient (Wildman–Crippen LogP) is 12.4. The number of aryl methyl sites for hydroxylation is 1. The van der Waals surface area contributed by atoms with E-state index >= 15 is 0 Å². The number of ether oxygens (including phenoxy) is 2. The van der Waals surface area contributed by atoms with Crippen LogP contribution in [0, 0.1) is 0 Å². The summed E-state index contributed by atoms with van der Waals surface area (Å²) in [6.07, 6.45) is 0. The van der Waals surface area contributed by atoms with Gasteiger partial charge in [-0.15, -0.1) is 0 Å². The second kappa shape index (κ2) is 21.8. The number of benzene rings is 4. The second-order valence-corrected chi connectivity index (χ2v) is 19.0. The van der Waals surface area contributed by atoms with E-state index in [9.17, 15) is 44.4 Å². The SMILES string of the molecule is C=C(C)C(=O)OCCn1c(-c2cc3ccc(N(CC)CC)cc3oc2=O)[n+](C)c2ccccc21.C=C(C)C(=O)OCCn1c(-c2cc3ccc(N(CC)CC)cc3oc2=O)nc2ccccc21.F[P-](F)(F)(F)(F)F. The molecule has 394 valence electrons. The summed E-state index contributed by atoms with van der Waals surface area (Å²) in [6.45, 7) is 23.3. The molecular weight excluding hydrogens is 994 g/mol. The normalized spacial score (nSPS) is 12.3. The van der Waals surface area contributed by atoms with Gasteiger partial charge in [0.25, 0.3) is 5.82 Å². The van der Waals surface area contributed by atoms with Crippen LogP contribution < -0.4 is 25.6 Å². The fraction of sp³-hybridized carbons (Fsp3) is 0.283. The van der Waals surface area contributed by atoms with Crippen molar-refractivity contribution in [2.45, 2.75) is 54.6 Å². The van der Waals surface area contributed by atoms with E-state index in [0.717, 1.165) is 70.4 Å². The van der Waals surface area contributed by atoms with E-state index in [1.54, 1.807) is 13.8 Å². The first-order valence-corrected chi connectivity index (χ1v) is 25.6. The van der Waals surface area contributed by atoms with Gasteiger partial charge in [-0.05, 0) is 102 Å². The molecule has 0 aliphatic heterocycles. The maximum absolute atomic E-state index is 13.2. The van der Waals surface area contributed by atoms with Gasteiger partial charge in [0.1, 0.15) is 42.3 Å². The molecule has 0 unspecified atom stereocenters. The van der Waals surface area contributed by atoms with E-state index in [1.807, 2.05) is 118 Å². The van der Waals surface area contributed by atoms with Crippen LogP contribution in [-0.2, 0) is 39.2 Å². The van der Waals surface area contributed by atoms with Crippen molar-refractivity contribution < 1.29 is 57.6 Å². The van der Waals surface area contributed by atoms with Gasteiger partial charge in [-0.2, -0.15) is 0 Å². The number of carbonyl (C=O) groups excluding carboxylic acids is 2. The molecule has 14 nitrogen and oxygen atoms in total. The number of carbonyl (C=O) groups is 2. The molecule has 0 saturated carbocycles. The van der Waals surface area contributed by atoms with Crippen molar-refractivity contribution in [2.75, 3.05) is 49.2 Å². The molecule has 0 atom stereocenters. The molecule has 4 heterocycles. The molecular formula is C53H57F6N6O8P. The van der Waals surface area contributed by atoms with Crippen LogP contribution in [0.1, 0.15) is 41.5 Å². The molecule has 0 saturated heterocycles. The molecule has 0 aliphatic carbocycles. The summed E-state index contributed by atoms with van der Waals surface area (Å²) in [7, 11) is -8.74. The predicted molar refractivity (Wildman–Crippen MR) is 278 cm³/mol. The van der Waals surface area contributed by atoms with Gasteiger partial charge in [0, 0.05) is 71.6 Å². The average molecular weight is 1050 g/mol. The van der Waals surface area contributed by atoms with Gasteiger partial charge in [-0.25, -0.2) is 33.3 Å². The standard InChI is InChI=1S/C27H30N3O4.C26H27N3O4.F6P/c1-6-29(7-2)20-13-12-19-16-21(27(32)34-24(19)17-20)25-28(5)22-10-8-9-11-23(22)30(25)14-15-33-26(31)18(3)4;1-5-28(6-2)19-12-11-18-15-20(26(31)33-23(18)16-19)24-27-21-9-7-8-10-22(21)29(24)13-14-32-25(30)17(3)4;1-7(2,3,4,5)6/h8-13,16-17H,3,6-7,14-15H2,1-2,4-5H3;7-12,15-16H,3,5-6,13-14H2,1-2,4H3;/q+1;;-1. The number of aromatic nitrogens is 4. The van der Waals surface area contributed by atoms with E-state index in [0.29, 0.717) is 58.2 Å². The number of fused-ring (bicyclic) bond motifs is 4. The number of hydrogen-bond donors (Lipinski definition) is 0. The van der Waals surface area contributed by atoms with Crippen molar-refractivity contribution >= 4 is 75.1 Å². The molecule has 0 bridgehead atoms. The number of halogens is 6. The third kappa shape index (κ3) is 13.9. The molecule has 8 rings (SSSR count). The number of hydrogen-bond acceptors (Lipinski definition) is 11. The Labute approximate surface area is 421 Å². The zero-order valence-corrected chi connectivity index (χ0v) is 42.9. The number of rotatable bonds is 16. The van der Waals surface area contributed by atoms with Crippen molar-refractivity contribution in [3.05, 3.63) is 142 Å². The summed E-state index contributed by atoms with van der Waals surface area (Å²) < 4.78 is 87.2. The minimum absolute atomic E-state index is 0.130. The Morgan fingerprint density at radius 3 is 1.55 bits per heavy atom. The van der Waals surface area contributed by atoms with E-state index in [4.69, 9.17) is 23.3 Å². The molecule has 0 spiro atoms. The number of nitrogens with zero attached hydrogens (tertiary/aromatic N) is 6. The number of para-hydroxylation sites is 4. The van der Waals surface area contributed by atoms with Crippen LogP contribution in [0.2, 0.25) is 0 Å². The van der Waals surface area contributed by atoms with Gasteiger partial charge in [0.2, 0.25) is 0 Å². The van der Waals surface area contributed by atoms with E-state index in [1.165, 1.54) is 0 Å². The Morgan fingerprint density at radius 1 is 0.635 bits per heavy atom. The second-order valence-electron chi connectivity index (χ2n) is 17.1. The van der Waals surface area contributed by atoms with Crippen LogP contribution in [-0.4, -0.2) is 65.4 Å². The fourth-order valence-corrected chi connectivity index (χ4v) is 8.23. The summed E-state index contributed by atoms with van der Waals surface area (Å²) in [5.74, 6) is 0.286. The molecule has 0 radical (unpaired) electrons. The van der Waals surface area contributed by atoms with Gasteiger partial charge in [0.05, 0.1) is 24.6 Å². The number of esters is 2. The zero-order valence-electron chi connectivity index (χ0n) is 42.0. The van der Waals surface area contributed by atoms with Gasteiger partial charge >= 0.3 is 56.2 Å². The van der Waals surface area contributed by atoms with Gasteiger partial charge in [-0.3, -0.25) is 0 Å². The average Bonchev–Trinajstić information content (AvgIpc) is 3.84. The van der Waals surface area contributed by atoms with Gasteiger partial charge in [-0.1, -0.05) is 37.4 Å². The Hall–Kier alpha value is -7.73. The molecule has 4 aromatic heterocycles. The van der Waals surface area contributed by atoms with Crippen LogP contribution in [0.3, 0.4) is 0 Å². The van der Waals surface area contributed by atoms with Gasteiger partial charge in [0.15, 0.2) is 16.6 Å². The molecule has 4 aromatic carbocycles. The molecule has 74 heavy (non-hydrogen) atoms. The van der Waals surface area contributed by atoms with Crippen molar-refractivity contribution in [1.29, 1.82) is 0 Å². The van der Waals surface area contributed by atoms with Crippen LogP contribution >= 0.6 is 7.81 Å². The van der Waals surface area contributed by atoms with E-state index in [2.05, 4.69) is 50.7 Å². The van der Waals surface area contributed by atoms with Gasteiger partial charge < -0.3 is 32.7 Å². The van der Waals surface area contributed by atoms with Crippen LogP contribution in [0.15, 0.2) is 140 Å².